The van der Waals surface area contributed by atoms with E-state index in [0.29, 0.717) is 25.0 Å². The Bertz CT molecular complexity index is 555. The van der Waals surface area contributed by atoms with E-state index >= 15 is 0 Å². The van der Waals surface area contributed by atoms with Crippen LogP contribution in [0.4, 0.5) is 17.6 Å². The first kappa shape index (κ1) is 14.5. The molecule has 0 spiro atoms. The number of rotatable bonds is 2. The number of hydrogen-bond donors (Lipinski definition) is 0. The number of ketones is 1. The first-order chi connectivity index (χ1) is 9.84. The van der Waals surface area contributed by atoms with Crippen LogP contribution in [0.1, 0.15) is 41.6 Å². The fraction of sp³-hybridized carbons (Fsp3) is 0.533. The maximum Gasteiger partial charge on any atom is 0.417 e. The monoisotopic (exact) mass is 302 g/mol. The fourth-order valence-electron chi connectivity index (χ4n) is 3.26. The SMILES string of the molecule is O=C(c1cc(F)ccc1C(F)(F)F)C1CC2CCC(C1)O2. The summed E-state index contributed by atoms with van der Waals surface area (Å²) in [5, 5.41) is 0. The molecule has 0 radical (unpaired) electrons. The molecule has 2 atom stereocenters. The minimum atomic E-state index is -4.66. The summed E-state index contributed by atoms with van der Waals surface area (Å²) < 4.78 is 57.8. The van der Waals surface area contributed by atoms with Crippen molar-refractivity contribution in [2.45, 2.75) is 44.1 Å². The standard InChI is InChI=1S/C15H14F4O2/c16-9-1-4-13(15(17,18)19)12(7-9)14(20)8-5-10-2-3-11(6-8)21-10/h1,4,7-8,10-11H,2-3,5-6H2. The molecule has 2 fully saturated rings. The number of hydrogen-bond acceptors (Lipinski definition) is 2. The molecule has 2 aliphatic rings. The second-order valence-corrected chi connectivity index (χ2v) is 5.68. The number of benzene rings is 1. The molecule has 0 aliphatic carbocycles. The molecule has 21 heavy (non-hydrogen) atoms. The highest BCUT2D eigenvalue weighted by Crippen LogP contribution is 2.39. The lowest BCUT2D eigenvalue weighted by atomic mass is 9.86. The lowest BCUT2D eigenvalue weighted by molar-refractivity contribution is -0.138. The van der Waals surface area contributed by atoms with Crippen LogP contribution in [0.5, 0.6) is 0 Å². The molecule has 0 amide bonds. The van der Waals surface area contributed by atoms with Crippen molar-refractivity contribution >= 4 is 5.78 Å². The minimum Gasteiger partial charge on any atom is -0.375 e. The van der Waals surface area contributed by atoms with Crippen LogP contribution in [0.15, 0.2) is 18.2 Å². The Hall–Kier alpha value is -1.43. The van der Waals surface area contributed by atoms with E-state index in [1.54, 1.807) is 0 Å². The predicted molar refractivity (Wildman–Crippen MR) is 66.4 cm³/mol. The zero-order valence-electron chi connectivity index (χ0n) is 11.1. The molecular weight excluding hydrogens is 288 g/mol. The summed E-state index contributed by atoms with van der Waals surface area (Å²) in [5.74, 6) is -1.97. The number of Topliss-reactive ketones (excluding diaryl/α,β-unsaturated/α-hetero) is 1. The molecule has 0 N–H and O–H groups in total. The highest BCUT2D eigenvalue weighted by atomic mass is 19.4. The van der Waals surface area contributed by atoms with Crippen LogP contribution >= 0.6 is 0 Å². The zero-order chi connectivity index (χ0) is 15.2. The van der Waals surface area contributed by atoms with E-state index in [0.717, 1.165) is 18.9 Å². The van der Waals surface area contributed by atoms with Crippen molar-refractivity contribution in [3.8, 4) is 0 Å². The summed E-state index contributed by atoms with van der Waals surface area (Å²) in [4.78, 5) is 12.4. The topological polar surface area (TPSA) is 26.3 Å². The van der Waals surface area contributed by atoms with E-state index in [9.17, 15) is 22.4 Å². The van der Waals surface area contributed by atoms with E-state index in [1.165, 1.54) is 0 Å². The number of halogens is 4. The van der Waals surface area contributed by atoms with Gasteiger partial charge in [0.25, 0.3) is 0 Å². The highest BCUT2D eigenvalue weighted by Gasteiger charge is 2.41. The highest BCUT2D eigenvalue weighted by molar-refractivity contribution is 5.99. The molecule has 114 valence electrons. The van der Waals surface area contributed by atoms with Crippen LogP contribution in [0.3, 0.4) is 0 Å². The lowest BCUT2D eigenvalue weighted by Gasteiger charge is -2.28. The predicted octanol–water partition coefficient (Wildman–Crippen LogP) is 3.98. The molecule has 1 aromatic rings. The summed E-state index contributed by atoms with van der Waals surface area (Å²) in [6, 6.07) is 2.06. The van der Waals surface area contributed by atoms with Gasteiger partial charge in [0, 0.05) is 11.5 Å². The van der Waals surface area contributed by atoms with E-state index in [4.69, 9.17) is 4.74 Å². The number of carbonyl (C=O) groups is 1. The van der Waals surface area contributed by atoms with Gasteiger partial charge >= 0.3 is 6.18 Å². The maximum absolute atomic E-state index is 13.3. The molecular formula is C15H14F4O2. The van der Waals surface area contributed by atoms with Crippen molar-refractivity contribution in [1.29, 1.82) is 0 Å². The second kappa shape index (κ2) is 5.09. The van der Waals surface area contributed by atoms with Crippen LogP contribution in [-0.4, -0.2) is 18.0 Å². The van der Waals surface area contributed by atoms with Gasteiger partial charge in [0.15, 0.2) is 5.78 Å². The summed E-state index contributed by atoms with van der Waals surface area (Å²) >= 11 is 0. The van der Waals surface area contributed by atoms with Crippen molar-refractivity contribution in [1.82, 2.24) is 0 Å². The molecule has 2 saturated heterocycles. The van der Waals surface area contributed by atoms with Crippen LogP contribution in [0.2, 0.25) is 0 Å². The van der Waals surface area contributed by atoms with E-state index < -0.39 is 34.8 Å². The van der Waals surface area contributed by atoms with Gasteiger partial charge in [-0.1, -0.05) is 0 Å². The van der Waals surface area contributed by atoms with E-state index in [-0.39, 0.29) is 12.2 Å². The lowest BCUT2D eigenvalue weighted by Crippen LogP contribution is -2.31. The molecule has 2 bridgehead atoms. The van der Waals surface area contributed by atoms with Crippen molar-refractivity contribution < 1.29 is 27.1 Å². The summed E-state index contributed by atoms with van der Waals surface area (Å²) in [7, 11) is 0. The van der Waals surface area contributed by atoms with Crippen LogP contribution in [0, 0.1) is 11.7 Å². The Morgan fingerprint density at radius 3 is 2.33 bits per heavy atom. The summed E-state index contributed by atoms with van der Waals surface area (Å²) in [6.45, 7) is 0. The van der Waals surface area contributed by atoms with Gasteiger partial charge in [0.1, 0.15) is 5.82 Å². The van der Waals surface area contributed by atoms with E-state index in [2.05, 4.69) is 0 Å². The fourth-order valence-corrected chi connectivity index (χ4v) is 3.26. The van der Waals surface area contributed by atoms with Gasteiger partial charge in [0.2, 0.25) is 0 Å². The van der Waals surface area contributed by atoms with Crippen LogP contribution < -0.4 is 0 Å². The van der Waals surface area contributed by atoms with Gasteiger partial charge in [-0.25, -0.2) is 4.39 Å². The van der Waals surface area contributed by atoms with Crippen molar-refractivity contribution in [3.05, 3.63) is 35.1 Å². The third-order valence-corrected chi connectivity index (χ3v) is 4.21. The number of carbonyl (C=O) groups excluding carboxylic acids is 1. The molecule has 0 saturated carbocycles. The van der Waals surface area contributed by atoms with Crippen molar-refractivity contribution in [3.63, 3.8) is 0 Å². The van der Waals surface area contributed by atoms with Gasteiger partial charge < -0.3 is 4.74 Å². The Balaban J connectivity index is 1.92. The summed E-state index contributed by atoms with van der Waals surface area (Å²) in [6.07, 6.45) is -2.26. The molecule has 2 nitrogen and oxygen atoms in total. The van der Waals surface area contributed by atoms with Crippen LogP contribution in [-0.2, 0) is 10.9 Å². The number of fused-ring (bicyclic) bond motifs is 2. The molecule has 2 unspecified atom stereocenters. The Morgan fingerprint density at radius 1 is 1.14 bits per heavy atom. The zero-order valence-corrected chi connectivity index (χ0v) is 11.1. The normalized spacial score (nSPS) is 28.7. The molecule has 1 aromatic carbocycles. The molecule has 3 rings (SSSR count). The van der Waals surface area contributed by atoms with Gasteiger partial charge in [0.05, 0.1) is 17.8 Å². The second-order valence-electron chi connectivity index (χ2n) is 5.68. The average Bonchev–Trinajstić information content (AvgIpc) is 2.75. The maximum atomic E-state index is 13.3. The number of alkyl halides is 3. The molecule has 6 heteroatoms. The van der Waals surface area contributed by atoms with Crippen molar-refractivity contribution in [2.75, 3.05) is 0 Å². The third-order valence-electron chi connectivity index (χ3n) is 4.21. The minimum absolute atomic E-state index is 0.0550. The third kappa shape index (κ3) is 2.81. The first-order valence-electron chi connectivity index (χ1n) is 6.91. The van der Waals surface area contributed by atoms with Gasteiger partial charge in [-0.2, -0.15) is 13.2 Å². The van der Waals surface area contributed by atoms with E-state index in [1.807, 2.05) is 0 Å². The van der Waals surface area contributed by atoms with Gasteiger partial charge in [-0.05, 0) is 43.9 Å². The first-order valence-corrected chi connectivity index (χ1v) is 6.91. The summed E-state index contributed by atoms with van der Waals surface area (Å²) in [5.41, 5.74) is -1.62. The molecule has 2 aliphatic heterocycles. The smallest absolute Gasteiger partial charge is 0.375 e. The Morgan fingerprint density at radius 2 is 1.76 bits per heavy atom. The molecule has 0 aromatic heterocycles. The van der Waals surface area contributed by atoms with Crippen molar-refractivity contribution in [2.24, 2.45) is 5.92 Å². The Kier molecular flexibility index (Phi) is 3.51. The molecule has 2 heterocycles. The quantitative estimate of drug-likeness (QED) is 0.610. The van der Waals surface area contributed by atoms with Crippen LogP contribution in [0.25, 0.3) is 0 Å². The Labute approximate surface area is 119 Å². The van der Waals surface area contributed by atoms with Gasteiger partial charge in [-0.3, -0.25) is 4.79 Å². The number of ether oxygens (including phenoxy) is 1. The van der Waals surface area contributed by atoms with Gasteiger partial charge in [-0.15, -0.1) is 0 Å². The largest absolute Gasteiger partial charge is 0.417 e. The average molecular weight is 302 g/mol.